The van der Waals surface area contributed by atoms with Crippen molar-refractivity contribution in [1.29, 1.82) is 0 Å². The predicted molar refractivity (Wildman–Crippen MR) is 107 cm³/mol. The molecule has 1 aromatic carbocycles. The lowest BCUT2D eigenvalue weighted by Gasteiger charge is -2.31. The number of aromatic nitrogens is 1. The Morgan fingerprint density at radius 3 is 2.26 bits per heavy atom. The number of rotatable bonds is 3. The van der Waals surface area contributed by atoms with Gasteiger partial charge in [-0.15, -0.1) is 0 Å². The fourth-order valence-corrected chi connectivity index (χ4v) is 3.29. The van der Waals surface area contributed by atoms with Crippen LogP contribution in [0.4, 0.5) is 5.69 Å². The molecule has 0 radical (unpaired) electrons. The van der Waals surface area contributed by atoms with Crippen molar-refractivity contribution in [2.75, 3.05) is 18.4 Å². The smallest absolute Gasteiger partial charge is 0.272 e. The van der Waals surface area contributed by atoms with Crippen molar-refractivity contribution in [3.63, 3.8) is 0 Å². The van der Waals surface area contributed by atoms with E-state index in [2.05, 4.69) is 43.2 Å². The molecule has 2 heterocycles. The van der Waals surface area contributed by atoms with Gasteiger partial charge in [-0.2, -0.15) is 0 Å². The standard InChI is InChI=1S/C22H27N3O2/c1-22(2,3)17-7-9-18(10-8-17)24-20(26)16-11-14-25(15-12-16)21(27)19-6-4-5-13-23-19/h4-10,13,16H,11-12,14-15H2,1-3H3,(H,24,26). The van der Waals surface area contributed by atoms with Crippen LogP contribution in [0.5, 0.6) is 0 Å². The maximum atomic E-state index is 12.6. The highest BCUT2D eigenvalue weighted by Gasteiger charge is 2.28. The van der Waals surface area contributed by atoms with E-state index in [1.54, 1.807) is 23.2 Å². The molecule has 0 bridgehead atoms. The van der Waals surface area contributed by atoms with Crippen LogP contribution in [-0.2, 0) is 10.2 Å². The molecule has 0 spiro atoms. The Hall–Kier alpha value is -2.69. The van der Waals surface area contributed by atoms with Gasteiger partial charge in [-0.3, -0.25) is 14.6 Å². The maximum absolute atomic E-state index is 12.6. The lowest BCUT2D eigenvalue weighted by Crippen LogP contribution is -2.41. The van der Waals surface area contributed by atoms with E-state index in [4.69, 9.17) is 0 Å². The molecule has 3 rings (SSSR count). The van der Waals surface area contributed by atoms with E-state index >= 15 is 0 Å². The first kappa shape index (κ1) is 19.1. The van der Waals surface area contributed by atoms with Crippen molar-refractivity contribution in [2.24, 2.45) is 5.92 Å². The molecule has 1 aliphatic heterocycles. The number of hydrogen-bond donors (Lipinski definition) is 1. The van der Waals surface area contributed by atoms with Gasteiger partial charge in [0.25, 0.3) is 5.91 Å². The van der Waals surface area contributed by atoms with Gasteiger partial charge in [0.05, 0.1) is 0 Å². The van der Waals surface area contributed by atoms with Crippen molar-refractivity contribution in [3.8, 4) is 0 Å². The van der Waals surface area contributed by atoms with Crippen LogP contribution in [0.15, 0.2) is 48.7 Å². The highest BCUT2D eigenvalue weighted by molar-refractivity contribution is 5.94. The lowest BCUT2D eigenvalue weighted by molar-refractivity contribution is -0.121. The SMILES string of the molecule is CC(C)(C)c1ccc(NC(=O)C2CCN(C(=O)c3ccccn3)CC2)cc1. The molecular formula is C22H27N3O2. The van der Waals surface area contributed by atoms with Gasteiger partial charge >= 0.3 is 0 Å². The Bertz CT molecular complexity index is 787. The number of amides is 2. The zero-order valence-electron chi connectivity index (χ0n) is 16.2. The highest BCUT2D eigenvalue weighted by atomic mass is 16.2. The van der Waals surface area contributed by atoms with Crippen LogP contribution >= 0.6 is 0 Å². The number of benzene rings is 1. The van der Waals surface area contributed by atoms with E-state index in [-0.39, 0.29) is 23.1 Å². The van der Waals surface area contributed by atoms with E-state index in [9.17, 15) is 9.59 Å². The minimum atomic E-state index is -0.0694. The summed E-state index contributed by atoms with van der Waals surface area (Å²) >= 11 is 0. The highest BCUT2D eigenvalue weighted by Crippen LogP contribution is 2.25. The normalized spacial score (nSPS) is 15.4. The Kier molecular flexibility index (Phi) is 5.59. The molecule has 0 aliphatic carbocycles. The fourth-order valence-electron chi connectivity index (χ4n) is 3.29. The second-order valence-corrected chi connectivity index (χ2v) is 8.10. The summed E-state index contributed by atoms with van der Waals surface area (Å²) < 4.78 is 0. The average Bonchev–Trinajstić information content (AvgIpc) is 2.68. The molecule has 2 amide bonds. The van der Waals surface area contributed by atoms with E-state index in [1.807, 2.05) is 18.2 Å². The van der Waals surface area contributed by atoms with Gasteiger partial charge in [0.15, 0.2) is 0 Å². The number of nitrogens with one attached hydrogen (secondary N) is 1. The van der Waals surface area contributed by atoms with E-state index in [0.29, 0.717) is 31.6 Å². The summed E-state index contributed by atoms with van der Waals surface area (Å²) in [5, 5.41) is 3.01. The molecule has 1 aliphatic rings. The Balaban J connectivity index is 1.53. The molecule has 1 fully saturated rings. The molecule has 5 nitrogen and oxygen atoms in total. The second-order valence-electron chi connectivity index (χ2n) is 8.10. The van der Waals surface area contributed by atoms with Crippen molar-refractivity contribution in [3.05, 3.63) is 59.9 Å². The molecule has 0 saturated carbocycles. The topological polar surface area (TPSA) is 62.3 Å². The molecular weight excluding hydrogens is 338 g/mol. The number of likely N-dealkylation sites (tertiary alicyclic amines) is 1. The maximum Gasteiger partial charge on any atom is 0.272 e. The molecule has 1 N–H and O–H groups in total. The third-order valence-corrected chi connectivity index (χ3v) is 5.06. The summed E-state index contributed by atoms with van der Waals surface area (Å²) in [6.45, 7) is 7.66. The summed E-state index contributed by atoms with van der Waals surface area (Å²) in [6.07, 6.45) is 2.97. The number of nitrogens with zero attached hydrogens (tertiary/aromatic N) is 2. The van der Waals surface area contributed by atoms with Gasteiger partial charge in [-0.25, -0.2) is 0 Å². The Morgan fingerprint density at radius 1 is 1.04 bits per heavy atom. The zero-order chi connectivity index (χ0) is 19.4. The number of hydrogen-bond acceptors (Lipinski definition) is 3. The number of carbonyl (C=O) groups is 2. The van der Waals surface area contributed by atoms with Crippen molar-refractivity contribution >= 4 is 17.5 Å². The van der Waals surface area contributed by atoms with E-state index in [0.717, 1.165) is 5.69 Å². The van der Waals surface area contributed by atoms with Crippen LogP contribution in [0.3, 0.4) is 0 Å². The zero-order valence-corrected chi connectivity index (χ0v) is 16.2. The first-order chi connectivity index (χ1) is 12.8. The summed E-state index contributed by atoms with van der Waals surface area (Å²) in [4.78, 5) is 30.9. The van der Waals surface area contributed by atoms with Crippen molar-refractivity contribution < 1.29 is 9.59 Å². The third kappa shape index (κ3) is 4.73. The molecule has 2 aromatic rings. The summed E-state index contributed by atoms with van der Waals surface area (Å²) in [7, 11) is 0. The summed E-state index contributed by atoms with van der Waals surface area (Å²) in [6, 6.07) is 13.4. The molecule has 0 unspecified atom stereocenters. The Labute approximate surface area is 160 Å². The third-order valence-electron chi connectivity index (χ3n) is 5.06. The molecule has 1 aromatic heterocycles. The van der Waals surface area contributed by atoms with Crippen LogP contribution in [0.2, 0.25) is 0 Å². The van der Waals surface area contributed by atoms with Gasteiger partial charge in [-0.05, 0) is 48.1 Å². The first-order valence-corrected chi connectivity index (χ1v) is 9.46. The van der Waals surface area contributed by atoms with Crippen molar-refractivity contribution in [2.45, 2.75) is 39.0 Å². The fraction of sp³-hybridized carbons (Fsp3) is 0.409. The van der Waals surface area contributed by atoms with Crippen LogP contribution in [0.25, 0.3) is 0 Å². The molecule has 1 saturated heterocycles. The lowest BCUT2D eigenvalue weighted by atomic mass is 9.87. The molecule has 142 valence electrons. The van der Waals surface area contributed by atoms with Crippen LogP contribution in [-0.4, -0.2) is 34.8 Å². The number of carbonyl (C=O) groups excluding carboxylic acids is 2. The minimum Gasteiger partial charge on any atom is -0.337 e. The number of anilines is 1. The molecule has 27 heavy (non-hydrogen) atoms. The molecule has 5 heteroatoms. The first-order valence-electron chi connectivity index (χ1n) is 9.46. The second kappa shape index (κ2) is 7.91. The van der Waals surface area contributed by atoms with Crippen LogP contribution < -0.4 is 5.32 Å². The van der Waals surface area contributed by atoms with Gasteiger partial charge in [0.1, 0.15) is 5.69 Å². The van der Waals surface area contributed by atoms with Crippen LogP contribution in [0.1, 0.15) is 49.7 Å². The minimum absolute atomic E-state index is 0.0310. The quantitative estimate of drug-likeness (QED) is 0.898. The largest absolute Gasteiger partial charge is 0.337 e. The van der Waals surface area contributed by atoms with E-state index in [1.165, 1.54) is 5.56 Å². The van der Waals surface area contributed by atoms with Gasteiger partial charge in [-0.1, -0.05) is 39.0 Å². The number of pyridine rings is 1. The number of piperidine rings is 1. The summed E-state index contributed by atoms with van der Waals surface area (Å²) in [5.41, 5.74) is 2.61. The van der Waals surface area contributed by atoms with E-state index < -0.39 is 0 Å². The van der Waals surface area contributed by atoms with Gasteiger partial charge in [0.2, 0.25) is 5.91 Å². The Morgan fingerprint density at radius 2 is 1.70 bits per heavy atom. The average molecular weight is 365 g/mol. The summed E-state index contributed by atoms with van der Waals surface area (Å²) in [5.74, 6) is -0.101. The van der Waals surface area contributed by atoms with Crippen LogP contribution in [0, 0.1) is 5.92 Å². The molecule has 0 atom stereocenters. The predicted octanol–water partition coefficient (Wildman–Crippen LogP) is 3.87. The van der Waals surface area contributed by atoms with Gasteiger partial charge in [0, 0.05) is 30.9 Å². The van der Waals surface area contributed by atoms with Gasteiger partial charge < -0.3 is 10.2 Å². The van der Waals surface area contributed by atoms with Crippen molar-refractivity contribution in [1.82, 2.24) is 9.88 Å². The monoisotopic (exact) mass is 365 g/mol.